The highest BCUT2D eigenvalue weighted by Crippen LogP contribution is 2.25. The molecule has 0 radical (unpaired) electrons. The second-order valence-electron chi connectivity index (χ2n) is 5.25. The summed E-state index contributed by atoms with van der Waals surface area (Å²) in [6.45, 7) is 0.616. The maximum Gasteiger partial charge on any atom is 0.243 e. The van der Waals surface area contributed by atoms with Crippen LogP contribution < -0.4 is 9.47 Å². The van der Waals surface area contributed by atoms with Crippen LogP contribution in [0.2, 0.25) is 5.02 Å². The van der Waals surface area contributed by atoms with Crippen molar-refractivity contribution in [3.05, 3.63) is 41.7 Å². The third-order valence-corrected chi connectivity index (χ3v) is 5.72. The highest BCUT2D eigenvalue weighted by Gasteiger charge is 2.34. The molecule has 1 unspecified atom stereocenters. The first-order chi connectivity index (χ1) is 11.5. The summed E-state index contributed by atoms with van der Waals surface area (Å²) in [5.41, 5.74) is 0. The zero-order chi connectivity index (χ0) is 17.2. The average Bonchev–Trinajstić information content (AvgIpc) is 3.04. The summed E-state index contributed by atoms with van der Waals surface area (Å²) in [4.78, 5) is 8.26. The van der Waals surface area contributed by atoms with Gasteiger partial charge in [0.1, 0.15) is 6.10 Å². The molecule has 7 nitrogen and oxygen atoms in total. The topological polar surface area (TPSA) is 81.6 Å². The second-order valence-corrected chi connectivity index (χ2v) is 7.62. The molecule has 0 bridgehead atoms. The van der Waals surface area contributed by atoms with E-state index < -0.39 is 10.0 Å². The Kier molecular flexibility index (Phi) is 4.88. The van der Waals surface area contributed by atoms with Gasteiger partial charge in [-0.2, -0.15) is 9.29 Å². The van der Waals surface area contributed by atoms with E-state index in [0.717, 1.165) is 0 Å². The molecular formula is C15H16ClN3O4S. The molecule has 1 saturated heterocycles. The molecule has 1 aliphatic heterocycles. The lowest BCUT2D eigenvalue weighted by molar-refractivity contribution is 0.203. The Labute approximate surface area is 145 Å². The molecule has 1 aliphatic rings. The maximum absolute atomic E-state index is 12.6. The van der Waals surface area contributed by atoms with Crippen molar-refractivity contribution in [1.82, 2.24) is 14.3 Å². The molecule has 0 amide bonds. The van der Waals surface area contributed by atoms with Gasteiger partial charge in [0.05, 0.1) is 30.9 Å². The van der Waals surface area contributed by atoms with Gasteiger partial charge < -0.3 is 9.47 Å². The average molecular weight is 370 g/mol. The number of hydrogen-bond donors (Lipinski definition) is 0. The summed E-state index contributed by atoms with van der Waals surface area (Å²) >= 11 is 5.89. The summed E-state index contributed by atoms with van der Waals surface area (Å²) in [5.74, 6) is 0.648. The smallest absolute Gasteiger partial charge is 0.243 e. The summed E-state index contributed by atoms with van der Waals surface area (Å²) in [7, 11) is -2.10. The van der Waals surface area contributed by atoms with Gasteiger partial charge in [0.25, 0.3) is 0 Å². The van der Waals surface area contributed by atoms with Gasteiger partial charge in [0.2, 0.25) is 21.8 Å². The molecule has 24 heavy (non-hydrogen) atoms. The number of methoxy groups -OCH3 is 1. The Balaban J connectivity index is 1.70. The number of benzene rings is 1. The van der Waals surface area contributed by atoms with Crippen molar-refractivity contribution in [2.24, 2.45) is 0 Å². The van der Waals surface area contributed by atoms with Gasteiger partial charge in [-0.15, -0.1) is 0 Å². The van der Waals surface area contributed by atoms with Crippen molar-refractivity contribution >= 4 is 21.6 Å². The van der Waals surface area contributed by atoms with E-state index in [9.17, 15) is 8.42 Å². The van der Waals surface area contributed by atoms with Gasteiger partial charge in [-0.3, -0.25) is 4.98 Å². The van der Waals surface area contributed by atoms with E-state index in [4.69, 9.17) is 21.1 Å². The van der Waals surface area contributed by atoms with Crippen LogP contribution in [0.3, 0.4) is 0 Å². The van der Waals surface area contributed by atoms with Crippen molar-refractivity contribution in [3.8, 4) is 11.8 Å². The molecule has 1 fully saturated rings. The van der Waals surface area contributed by atoms with Crippen molar-refractivity contribution in [2.45, 2.75) is 17.4 Å². The van der Waals surface area contributed by atoms with Crippen molar-refractivity contribution < 1.29 is 17.9 Å². The molecule has 2 aromatic rings. The van der Waals surface area contributed by atoms with Gasteiger partial charge in [-0.1, -0.05) is 17.7 Å². The van der Waals surface area contributed by atoms with Crippen LogP contribution in [0, 0.1) is 0 Å². The molecule has 128 valence electrons. The van der Waals surface area contributed by atoms with Gasteiger partial charge in [0.15, 0.2) is 0 Å². The number of sulfonamides is 1. The molecule has 0 aliphatic carbocycles. The fourth-order valence-electron chi connectivity index (χ4n) is 2.45. The minimum atomic E-state index is -3.59. The Morgan fingerprint density at radius 3 is 2.83 bits per heavy atom. The number of rotatable bonds is 5. The van der Waals surface area contributed by atoms with Crippen LogP contribution in [0.5, 0.6) is 11.8 Å². The van der Waals surface area contributed by atoms with Crippen LogP contribution in [-0.4, -0.2) is 49.0 Å². The first-order valence-electron chi connectivity index (χ1n) is 7.27. The van der Waals surface area contributed by atoms with E-state index in [-0.39, 0.29) is 17.5 Å². The predicted molar refractivity (Wildman–Crippen MR) is 87.8 cm³/mol. The Morgan fingerprint density at radius 1 is 1.29 bits per heavy atom. The second kappa shape index (κ2) is 6.92. The quantitative estimate of drug-likeness (QED) is 0.801. The third kappa shape index (κ3) is 3.61. The standard InChI is InChI=1S/C15H16ClN3O4S/c1-22-14-8-17-9-15(18-14)23-12-5-6-19(10-12)24(20,21)13-4-2-3-11(16)7-13/h2-4,7-9,12H,5-6,10H2,1H3. The van der Waals surface area contributed by atoms with E-state index in [1.165, 1.54) is 35.9 Å². The Bertz CT molecular complexity index is 831. The SMILES string of the molecule is COc1cncc(OC2CCN(S(=O)(=O)c3cccc(Cl)c3)C2)n1. The zero-order valence-corrected chi connectivity index (χ0v) is 14.5. The number of halogens is 1. The lowest BCUT2D eigenvalue weighted by Gasteiger charge is -2.17. The fraction of sp³-hybridized carbons (Fsp3) is 0.333. The van der Waals surface area contributed by atoms with Gasteiger partial charge in [0, 0.05) is 11.6 Å². The van der Waals surface area contributed by atoms with E-state index in [1.807, 2.05) is 0 Å². The van der Waals surface area contributed by atoms with E-state index in [1.54, 1.807) is 12.1 Å². The largest absolute Gasteiger partial charge is 0.480 e. The Morgan fingerprint density at radius 2 is 2.08 bits per heavy atom. The molecule has 1 atom stereocenters. The minimum absolute atomic E-state index is 0.178. The molecular weight excluding hydrogens is 354 g/mol. The van der Waals surface area contributed by atoms with Gasteiger partial charge in [-0.25, -0.2) is 8.42 Å². The highest BCUT2D eigenvalue weighted by molar-refractivity contribution is 7.89. The lowest BCUT2D eigenvalue weighted by Crippen LogP contribution is -2.31. The normalized spacial score (nSPS) is 18.5. The maximum atomic E-state index is 12.6. The predicted octanol–water partition coefficient (Wildman–Crippen LogP) is 1.98. The molecule has 1 aromatic carbocycles. The molecule has 0 spiro atoms. The highest BCUT2D eigenvalue weighted by atomic mass is 35.5. The van der Waals surface area contributed by atoms with Gasteiger partial charge in [-0.05, 0) is 24.6 Å². The first-order valence-corrected chi connectivity index (χ1v) is 9.09. The van der Waals surface area contributed by atoms with E-state index in [2.05, 4.69) is 9.97 Å². The minimum Gasteiger partial charge on any atom is -0.480 e. The lowest BCUT2D eigenvalue weighted by atomic mass is 10.3. The van der Waals surface area contributed by atoms with Crippen molar-refractivity contribution in [3.63, 3.8) is 0 Å². The summed E-state index contributed by atoms with van der Waals surface area (Å²) in [6.07, 6.45) is 3.22. The Hall–Kier alpha value is -1.90. The third-order valence-electron chi connectivity index (χ3n) is 3.63. The number of hydrogen-bond acceptors (Lipinski definition) is 6. The van der Waals surface area contributed by atoms with Crippen LogP contribution in [-0.2, 0) is 10.0 Å². The van der Waals surface area contributed by atoms with Crippen LogP contribution >= 0.6 is 11.6 Å². The van der Waals surface area contributed by atoms with Crippen LogP contribution in [0.1, 0.15) is 6.42 Å². The fourth-order valence-corrected chi connectivity index (χ4v) is 4.23. The summed E-state index contributed by atoms with van der Waals surface area (Å²) in [6, 6.07) is 6.23. The van der Waals surface area contributed by atoms with Crippen molar-refractivity contribution in [2.75, 3.05) is 20.2 Å². The summed E-state index contributed by atoms with van der Waals surface area (Å²) in [5, 5.41) is 0.384. The summed E-state index contributed by atoms with van der Waals surface area (Å²) < 4.78 is 37.4. The molecule has 0 saturated carbocycles. The molecule has 3 rings (SSSR count). The van der Waals surface area contributed by atoms with Gasteiger partial charge >= 0.3 is 0 Å². The number of aromatic nitrogens is 2. The van der Waals surface area contributed by atoms with E-state index >= 15 is 0 Å². The molecule has 1 aromatic heterocycles. The van der Waals surface area contributed by atoms with E-state index in [0.29, 0.717) is 29.7 Å². The molecule has 2 heterocycles. The monoisotopic (exact) mass is 369 g/mol. The van der Waals surface area contributed by atoms with Crippen LogP contribution in [0.15, 0.2) is 41.6 Å². The number of ether oxygens (including phenoxy) is 2. The molecule has 9 heteroatoms. The molecule has 0 N–H and O–H groups in total. The van der Waals surface area contributed by atoms with Crippen LogP contribution in [0.4, 0.5) is 0 Å². The first kappa shape index (κ1) is 16.9. The van der Waals surface area contributed by atoms with Crippen LogP contribution in [0.25, 0.3) is 0 Å². The number of nitrogens with zero attached hydrogens (tertiary/aromatic N) is 3. The van der Waals surface area contributed by atoms with Crippen molar-refractivity contribution in [1.29, 1.82) is 0 Å². The zero-order valence-electron chi connectivity index (χ0n) is 12.9.